The highest BCUT2D eigenvalue weighted by molar-refractivity contribution is 9.10. The van der Waals surface area contributed by atoms with E-state index >= 15 is 0 Å². The van der Waals surface area contributed by atoms with Gasteiger partial charge in [-0.1, -0.05) is 15.9 Å². The largest absolute Gasteiger partial charge is 0.493 e. The van der Waals surface area contributed by atoms with Gasteiger partial charge in [-0.25, -0.2) is 4.39 Å². The lowest BCUT2D eigenvalue weighted by atomic mass is 9.85. The summed E-state index contributed by atoms with van der Waals surface area (Å²) < 4.78 is 19.1. The molecule has 0 N–H and O–H groups in total. The molecule has 0 fully saturated rings. The third kappa shape index (κ3) is 2.37. The lowest BCUT2D eigenvalue weighted by Crippen LogP contribution is -2.20. The Morgan fingerprint density at radius 1 is 1.47 bits per heavy atom. The summed E-state index contributed by atoms with van der Waals surface area (Å²) in [6.07, 6.45) is 0.775. The highest BCUT2D eigenvalue weighted by atomic mass is 79.9. The van der Waals surface area contributed by atoms with Gasteiger partial charge in [0.15, 0.2) is 11.6 Å². The summed E-state index contributed by atoms with van der Waals surface area (Å²) >= 11 is 3.19. The molecule has 0 amide bonds. The van der Waals surface area contributed by atoms with Crippen molar-refractivity contribution in [3.8, 4) is 5.75 Å². The number of hydrogen-bond donors (Lipinski definition) is 0. The normalized spacial score (nSPS) is 11.3. The van der Waals surface area contributed by atoms with Gasteiger partial charge < -0.3 is 9.53 Å². The maximum Gasteiger partial charge on any atom is 0.166 e. The highest BCUT2D eigenvalue weighted by Gasteiger charge is 2.26. The van der Waals surface area contributed by atoms with Crippen molar-refractivity contribution in [2.24, 2.45) is 0 Å². The maximum atomic E-state index is 13.5. The molecule has 0 bridgehead atoms. The van der Waals surface area contributed by atoms with Crippen LogP contribution in [-0.4, -0.2) is 13.4 Å². The molecule has 0 aliphatic rings. The van der Waals surface area contributed by atoms with E-state index in [1.165, 1.54) is 13.2 Å². The fourth-order valence-corrected chi connectivity index (χ4v) is 1.74. The number of benzene rings is 1. The number of methoxy groups -OCH3 is 1. The Labute approximate surface area is 96.6 Å². The lowest BCUT2D eigenvalue weighted by molar-refractivity contribution is -0.111. The molecule has 0 atom stereocenters. The Kier molecular flexibility index (Phi) is 3.50. The van der Waals surface area contributed by atoms with Gasteiger partial charge in [0.1, 0.15) is 6.29 Å². The molecular formula is C11H12BrFO2. The molecule has 0 spiro atoms. The van der Waals surface area contributed by atoms with Gasteiger partial charge in [0.25, 0.3) is 0 Å². The Morgan fingerprint density at radius 2 is 2.07 bits per heavy atom. The number of aldehydes is 1. The smallest absolute Gasteiger partial charge is 0.166 e. The molecule has 0 aromatic heterocycles. The Balaban J connectivity index is 3.45. The zero-order chi connectivity index (χ0) is 11.6. The molecule has 82 valence electrons. The number of hydrogen-bond acceptors (Lipinski definition) is 2. The zero-order valence-electron chi connectivity index (χ0n) is 8.80. The first kappa shape index (κ1) is 12.2. The van der Waals surface area contributed by atoms with E-state index in [0.29, 0.717) is 10.0 Å². The summed E-state index contributed by atoms with van der Waals surface area (Å²) in [6.45, 7) is 3.42. The lowest BCUT2D eigenvalue weighted by Gasteiger charge is -2.21. The molecule has 0 unspecified atom stereocenters. The quantitative estimate of drug-likeness (QED) is 0.792. The maximum absolute atomic E-state index is 13.5. The Hall–Kier alpha value is -0.900. The second-order valence-corrected chi connectivity index (χ2v) is 4.72. The number of ether oxygens (including phenoxy) is 1. The minimum Gasteiger partial charge on any atom is -0.493 e. The minimum absolute atomic E-state index is 0.121. The second kappa shape index (κ2) is 4.31. The van der Waals surface area contributed by atoms with Crippen LogP contribution < -0.4 is 4.74 Å². The van der Waals surface area contributed by atoms with Gasteiger partial charge in [-0.15, -0.1) is 0 Å². The molecule has 1 aromatic carbocycles. The predicted molar refractivity (Wildman–Crippen MR) is 59.7 cm³/mol. The third-order valence-corrected chi connectivity index (χ3v) is 2.66. The van der Waals surface area contributed by atoms with Gasteiger partial charge in [0.2, 0.25) is 0 Å². The number of carbonyl (C=O) groups excluding carboxylic acids is 1. The Morgan fingerprint density at radius 3 is 2.53 bits per heavy atom. The van der Waals surface area contributed by atoms with Crippen molar-refractivity contribution >= 4 is 22.2 Å². The van der Waals surface area contributed by atoms with Gasteiger partial charge in [-0.3, -0.25) is 0 Å². The van der Waals surface area contributed by atoms with Crippen molar-refractivity contribution in [3.63, 3.8) is 0 Å². The molecule has 0 saturated heterocycles. The van der Waals surface area contributed by atoms with E-state index in [1.54, 1.807) is 19.9 Å². The number of rotatable bonds is 3. The first-order valence-electron chi connectivity index (χ1n) is 4.42. The molecular weight excluding hydrogens is 263 g/mol. The predicted octanol–water partition coefficient (Wildman–Crippen LogP) is 3.07. The van der Waals surface area contributed by atoms with Crippen molar-refractivity contribution in [3.05, 3.63) is 28.0 Å². The van der Waals surface area contributed by atoms with E-state index in [2.05, 4.69) is 15.9 Å². The van der Waals surface area contributed by atoms with Crippen LogP contribution in [0.3, 0.4) is 0 Å². The molecule has 0 heterocycles. The minimum atomic E-state index is -0.768. The molecule has 15 heavy (non-hydrogen) atoms. The highest BCUT2D eigenvalue weighted by Crippen LogP contribution is 2.34. The molecule has 2 nitrogen and oxygen atoms in total. The molecule has 0 saturated carbocycles. The first-order valence-corrected chi connectivity index (χ1v) is 5.21. The van der Waals surface area contributed by atoms with Gasteiger partial charge in [0, 0.05) is 15.5 Å². The topological polar surface area (TPSA) is 26.3 Å². The average molecular weight is 275 g/mol. The van der Waals surface area contributed by atoms with E-state index in [1.807, 2.05) is 0 Å². The van der Waals surface area contributed by atoms with E-state index < -0.39 is 11.2 Å². The standard InChI is InChI=1S/C11H12BrFO2/c1-11(2,6-14)8-4-7(12)5-9(13)10(8)15-3/h4-6H,1-3H3. The molecule has 1 aromatic rings. The molecule has 1 rings (SSSR count). The van der Waals surface area contributed by atoms with Crippen LogP contribution in [0, 0.1) is 5.82 Å². The van der Waals surface area contributed by atoms with Gasteiger partial charge >= 0.3 is 0 Å². The zero-order valence-corrected chi connectivity index (χ0v) is 10.4. The van der Waals surface area contributed by atoms with Crippen LogP contribution >= 0.6 is 15.9 Å². The molecule has 4 heteroatoms. The second-order valence-electron chi connectivity index (χ2n) is 3.81. The van der Waals surface area contributed by atoms with Crippen molar-refractivity contribution in [2.75, 3.05) is 7.11 Å². The molecule has 0 aliphatic heterocycles. The number of carbonyl (C=O) groups is 1. The molecule has 0 radical (unpaired) electrons. The van der Waals surface area contributed by atoms with Gasteiger partial charge in [-0.2, -0.15) is 0 Å². The number of halogens is 2. The average Bonchev–Trinajstić information content (AvgIpc) is 2.16. The fraction of sp³-hybridized carbons (Fsp3) is 0.364. The Bertz CT molecular complexity index is 388. The van der Waals surface area contributed by atoms with Crippen LogP contribution in [0.15, 0.2) is 16.6 Å². The third-order valence-electron chi connectivity index (χ3n) is 2.20. The first-order chi connectivity index (χ1) is 6.92. The van der Waals surface area contributed by atoms with Crippen molar-refractivity contribution in [1.82, 2.24) is 0 Å². The summed E-state index contributed by atoms with van der Waals surface area (Å²) in [5.41, 5.74) is -0.234. The summed E-state index contributed by atoms with van der Waals surface area (Å²) in [7, 11) is 1.39. The summed E-state index contributed by atoms with van der Waals surface area (Å²) in [5.74, 6) is -0.355. The molecule has 0 aliphatic carbocycles. The summed E-state index contributed by atoms with van der Waals surface area (Å²) in [4.78, 5) is 10.9. The van der Waals surface area contributed by atoms with Crippen LogP contribution in [-0.2, 0) is 10.2 Å². The van der Waals surface area contributed by atoms with E-state index in [9.17, 15) is 9.18 Å². The van der Waals surface area contributed by atoms with Crippen molar-refractivity contribution < 1.29 is 13.9 Å². The van der Waals surface area contributed by atoms with Gasteiger partial charge in [-0.05, 0) is 26.0 Å². The van der Waals surface area contributed by atoms with Crippen LogP contribution in [0.25, 0.3) is 0 Å². The van der Waals surface area contributed by atoms with E-state index in [-0.39, 0.29) is 5.75 Å². The SMILES string of the molecule is COc1c(F)cc(Br)cc1C(C)(C)C=O. The van der Waals surface area contributed by atoms with Crippen LogP contribution in [0.4, 0.5) is 4.39 Å². The summed E-state index contributed by atoms with van der Waals surface area (Å²) in [6, 6.07) is 3.00. The summed E-state index contributed by atoms with van der Waals surface area (Å²) in [5, 5.41) is 0. The van der Waals surface area contributed by atoms with Crippen molar-refractivity contribution in [1.29, 1.82) is 0 Å². The van der Waals surface area contributed by atoms with Crippen LogP contribution in [0.2, 0.25) is 0 Å². The van der Waals surface area contributed by atoms with E-state index in [4.69, 9.17) is 4.74 Å². The van der Waals surface area contributed by atoms with Crippen molar-refractivity contribution in [2.45, 2.75) is 19.3 Å². The fourth-order valence-electron chi connectivity index (χ4n) is 1.31. The van der Waals surface area contributed by atoms with Gasteiger partial charge in [0.05, 0.1) is 7.11 Å². The van der Waals surface area contributed by atoms with Crippen LogP contribution in [0.1, 0.15) is 19.4 Å². The van der Waals surface area contributed by atoms with E-state index in [0.717, 1.165) is 6.29 Å². The monoisotopic (exact) mass is 274 g/mol. The van der Waals surface area contributed by atoms with Crippen LogP contribution in [0.5, 0.6) is 5.75 Å².